The van der Waals surface area contributed by atoms with Crippen LogP contribution in [0.1, 0.15) is 6.92 Å². The van der Waals surface area contributed by atoms with E-state index in [1.807, 2.05) is 29.0 Å². The van der Waals surface area contributed by atoms with Gasteiger partial charge < -0.3 is 14.7 Å². The first-order valence-corrected chi connectivity index (χ1v) is 12.7. The highest BCUT2D eigenvalue weighted by molar-refractivity contribution is 8.26. The van der Waals surface area contributed by atoms with Crippen LogP contribution in [-0.4, -0.2) is 76.9 Å². The van der Waals surface area contributed by atoms with Gasteiger partial charge in [0.15, 0.2) is 5.88 Å². The molecule has 2 saturated heterocycles. The van der Waals surface area contributed by atoms with Gasteiger partial charge in [0.1, 0.15) is 23.5 Å². The summed E-state index contributed by atoms with van der Waals surface area (Å²) in [5, 5.41) is 8.93. The highest BCUT2D eigenvalue weighted by atomic mass is 32.2. The van der Waals surface area contributed by atoms with Crippen molar-refractivity contribution >= 4 is 56.1 Å². The molecular formula is C20H21N3O7S3. The van der Waals surface area contributed by atoms with Gasteiger partial charge in [-0.1, -0.05) is 48.3 Å². The van der Waals surface area contributed by atoms with Crippen molar-refractivity contribution in [3.8, 4) is 0 Å². The molecular weight excluding hydrogens is 490 g/mol. The minimum absolute atomic E-state index is 0.171. The Kier molecular flexibility index (Phi) is 7.44. The molecule has 0 aromatic heterocycles. The van der Waals surface area contributed by atoms with Gasteiger partial charge in [-0.15, -0.1) is 0 Å². The fraction of sp³-hybridized carbons (Fsp3) is 0.300. The number of hydrogen-bond acceptors (Lipinski definition) is 9. The Labute approximate surface area is 200 Å². The van der Waals surface area contributed by atoms with Crippen LogP contribution in [0, 0.1) is 0 Å². The van der Waals surface area contributed by atoms with Gasteiger partial charge in [-0.25, -0.2) is 8.42 Å². The first-order valence-electron chi connectivity index (χ1n) is 9.59. The molecule has 0 aromatic carbocycles. The van der Waals surface area contributed by atoms with E-state index in [9.17, 15) is 22.8 Å². The number of nitrogens with one attached hydrogen (secondary N) is 1. The summed E-state index contributed by atoms with van der Waals surface area (Å²) in [6.07, 6.45) is 12.8. The minimum atomic E-state index is -3.70. The van der Waals surface area contributed by atoms with Crippen LogP contribution < -0.4 is 4.72 Å². The molecule has 2 heterocycles. The van der Waals surface area contributed by atoms with E-state index in [4.69, 9.17) is 22.1 Å². The van der Waals surface area contributed by atoms with E-state index in [1.165, 1.54) is 0 Å². The number of sulfonamides is 1. The van der Waals surface area contributed by atoms with Gasteiger partial charge in [0.2, 0.25) is 10.0 Å². The number of nitrogens with zero attached hydrogens (tertiary/aromatic N) is 2. The summed E-state index contributed by atoms with van der Waals surface area (Å²) in [4.78, 5) is 38.5. The minimum Gasteiger partial charge on any atom is -0.480 e. The predicted octanol–water partition coefficient (Wildman–Crippen LogP) is 0.874. The first-order chi connectivity index (χ1) is 15.4. The number of aliphatic carboxylic acids is 1. The zero-order valence-electron chi connectivity index (χ0n) is 17.6. The quantitative estimate of drug-likeness (QED) is 0.375. The molecule has 0 bridgehead atoms. The molecule has 13 heteroatoms. The predicted molar refractivity (Wildman–Crippen MR) is 126 cm³/mol. The Morgan fingerprint density at radius 1 is 1.30 bits per heavy atom. The lowest BCUT2D eigenvalue weighted by molar-refractivity contribution is -0.140. The van der Waals surface area contributed by atoms with Gasteiger partial charge in [0, 0.05) is 0 Å². The van der Waals surface area contributed by atoms with Gasteiger partial charge in [-0.05, 0) is 30.7 Å². The molecule has 3 aliphatic rings. The number of carboxylic acids is 1. The number of ether oxygens (including phenoxy) is 1. The second-order valence-electron chi connectivity index (χ2n) is 7.35. The summed E-state index contributed by atoms with van der Waals surface area (Å²) in [6.45, 7) is 0.999. The van der Waals surface area contributed by atoms with Crippen LogP contribution in [0.2, 0.25) is 0 Å². The molecule has 176 valence electrons. The number of thioether (sulfide) groups is 1. The van der Waals surface area contributed by atoms with E-state index >= 15 is 0 Å². The van der Waals surface area contributed by atoms with E-state index in [2.05, 4.69) is 0 Å². The van der Waals surface area contributed by atoms with Crippen molar-refractivity contribution in [3.63, 3.8) is 0 Å². The number of carbonyl (C=O) groups is 3. The Balaban J connectivity index is 1.80. The van der Waals surface area contributed by atoms with E-state index in [-0.39, 0.29) is 23.0 Å². The summed E-state index contributed by atoms with van der Waals surface area (Å²) in [5.41, 5.74) is 0.656. The van der Waals surface area contributed by atoms with Gasteiger partial charge in [-0.3, -0.25) is 24.0 Å². The van der Waals surface area contributed by atoms with E-state index < -0.39 is 34.4 Å². The van der Waals surface area contributed by atoms with E-state index in [0.29, 0.717) is 16.4 Å². The van der Waals surface area contributed by atoms with Crippen molar-refractivity contribution in [2.75, 3.05) is 19.3 Å². The van der Waals surface area contributed by atoms with Crippen LogP contribution in [-0.2, 0) is 29.1 Å². The van der Waals surface area contributed by atoms with Crippen molar-refractivity contribution in [1.82, 2.24) is 14.5 Å². The second-order valence-corrected chi connectivity index (χ2v) is 10.8. The van der Waals surface area contributed by atoms with Crippen molar-refractivity contribution in [1.29, 1.82) is 0 Å². The van der Waals surface area contributed by atoms with Gasteiger partial charge >= 0.3 is 5.97 Å². The summed E-state index contributed by atoms with van der Waals surface area (Å²) < 4.78 is 30.8. The standard InChI is InChI=1S/C20H21N3O7S3/c1-12(9-15-19(27)23(11-18(25)26)20(31)32-15)7-8-17-22(10-16(24)21-33(2,28)29)13-5-3-4-6-14(13)30-17/h3-9,13-14H,10-11H2,1-2H3,(H,21,24)(H,25,26)/b12-7+,15-9+,17-8-. The fourth-order valence-electron chi connectivity index (χ4n) is 3.26. The Hall–Kier alpha value is -2.90. The zero-order chi connectivity index (χ0) is 24.3. The highest BCUT2D eigenvalue weighted by Gasteiger charge is 2.38. The SMILES string of the molecule is CC(=C\C=C1/OC2C=CC=CC2N1CC(=O)NS(C)(=O)=O)/C=C1/SC(=S)N(CC(=O)O)C1=O. The van der Waals surface area contributed by atoms with Crippen molar-refractivity contribution < 1.29 is 32.6 Å². The molecule has 0 radical (unpaired) electrons. The van der Waals surface area contributed by atoms with Gasteiger partial charge in [-0.2, -0.15) is 0 Å². The largest absolute Gasteiger partial charge is 0.480 e. The molecule has 1 aliphatic carbocycles. The maximum Gasteiger partial charge on any atom is 0.323 e. The Morgan fingerprint density at radius 2 is 2.00 bits per heavy atom. The topological polar surface area (TPSA) is 133 Å². The van der Waals surface area contributed by atoms with Crippen LogP contribution in [0.25, 0.3) is 0 Å². The third-order valence-electron chi connectivity index (χ3n) is 4.58. The molecule has 2 unspecified atom stereocenters. The number of carboxylic acid groups (broad SMARTS) is 1. The van der Waals surface area contributed by atoms with E-state index in [0.717, 1.165) is 22.9 Å². The van der Waals surface area contributed by atoms with Crippen LogP contribution in [0.5, 0.6) is 0 Å². The molecule has 10 nitrogen and oxygen atoms in total. The van der Waals surface area contributed by atoms with Crippen LogP contribution in [0.15, 0.2) is 58.9 Å². The molecule has 2 atom stereocenters. The highest BCUT2D eigenvalue weighted by Crippen LogP contribution is 2.32. The van der Waals surface area contributed by atoms with Crippen LogP contribution in [0.4, 0.5) is 0 Å². The van der Waals surface area contributed by atoms with Crippen molar-refractivity contribution in [3.05, 3.63) is 58.9 Å². The number of hydrogen-bond donors (Lipinski definition) is 2. The number of fused-ring (bicyclic) bond motifs is 1. The average Bonchev–Trinajstić information content (AvgIpc) is 3.17. The smallest absolute Gasteiger partial charge is 0.323 e. The fourth-order valence-corrected chi connectivity index (χ4v) is 5.04. The number of allylic oxidation sites excluding steroid dienone is 6. The maximum atomic E-state index is 12.4. The summed E-state index contributed by atoms with van der Waals surface area (Å²) in [6, 6.07) is -0.285. The Bertz CT molecular complexity index is 1150. The molecule has 0 aromatic rings. The number of rotatable bonds is 7. The van der Waals surface area contributed by atoms with Crippen molar-refractivity contribution in [2.45, 2.75) is 19.1 Å². The zero-order valence-corrected chi connectivity index (χ0v) is 20.1. The third kappa shape index (κ3) is 6.33. The molecule has 2 fully saturated rings. The molecule has 33 heavy (non-hydrogen) atoms. The summed E-state index contributed by atoms with van der Waals surface area (Å²) in [7, 11) is -3.70. The second kappa shape index (κ2) is 9.93. The van der Waals surface area contributed by atoms with Crippen LogP contribution >= 0.6 is 24.0 Å². The number of thiocarbonyl (C=S) groups is 1. The lowest BCUT2D eigenvalue weighted by atomic mass is 10.1. The molecule has 2 amide bonds. The Morgan fingerprint density at radius 3 is 2.67 bits per heavy atom. The molecule has 2 aliphatic heterocycles. The first kappa shape index (κ1) is 24.7. The normalized spacial score (nSPS) is 25.1. The number of carbonyl (C=O) groups excluding carboxylic acids is 2. The maximum absolute atomic E-state index is 12.4. The number of amides is 2. The van der Waals surface area contributed by atoms with Crippen LogP contribution in [0.3, 0.4) is 0 Å². The lowest BCUT2D eigenvalue weighted by Gasteiger charge is -2.23. The third-order valence-corrected chi connectivity index (χ3v) is 6.56. The molecule has 0 spiro atoms. The van der Waals surface area contributed by atoms with Gasteiger partial charge in [0.05, 0.1) is 17.2 Å². The lowest BCUT2D eigenvalue weighted by Crippen LogP contribution is -2.42. The summed E-state index contributed by atoms with van der Waals surface area (Å²) >= 11 is 6.10. The molecule has 3 rings (SSSR count). The van der Waals surface area contributed by atoms with Gasteiger partial charge in [0.25, 0.3) is 11.8 Å². The molecule has 0 saturated carbocycles. The monoisotopic (exact) mass is 511 g/mol. The van der Waals surface area contributed by atoms with Crippen molar-refractivity contribution in [2.24, 2.45) is 0 Å². The molecule has 2 N–H and O–H groups in total. The average molecular weight is 512 g/mol. The van der Waals surface area contributed by atoms with E-state index in [1.54, 1.807) is 30.1 Å². The summed E-state index contributed by atoms with van der Waals surface area (Å²) in [5.74, 6) is -1.98.